The number of alkyl halides is 5. The van der Waals surface area contributed by atoms with Crippen molar-refractivity contribution in [2.24, 2.45) is 20.0 Å². The molecule has 0 saturated heterocycles. The van der Waals surface area contributed by atoms with Gasteiger partial charge in [-0.05, 0) is 66.5 Å². The van der Waals surface area contributed by atoms with E-state index in [0.717, 1.165) is 18.4 Å². The van der Waals surface area contributed by atoms with Crippen LogP contribution in [0.15, 0.2) is 55.0 Å². The van der Waals surface area contributed by atoms with Crippen LogP contribution in [0, 0.1) is 29.4 Å². The summed E-state index contributed by atoms with van der Waals surface area (Å²) in [4.78, 5) is 22.9. The van der Waals surface area contributed by atoms with Crippen LogP contribution in [0.25, 0.3) is 22.0 Å². The molecular weight excluding hydrogens is 831 g/mol. The van der Waals surface area contributed by atoms with E-state index in [0.29, 0.717) is 22.0 Å². The predicted octanol–water partition coefficient (Wildman–Crippen LogP) is 6.60. The summed E-state index contributed by atoms with van der Waals surface area (Å²) in [6, 6.07) is 7.38. The first-order valence-electron chi connectivity index (χ1n) is 17.6. The highest BCUT2D eigenvalue weighted by Gasteiger charge is 2.68. The highest BCUT2D eigenvalue weighted by molar-refractivity contribution is 7.92. The third kappa shape index (κ3) is 7.60. The Morgan fingerprint density at radius 1 is 1.03 bits per heavy atom. The molecule has 2 aromatic carbocycles. The molecule has 0 radical (unpaired) electrons. The highest BCUT2D eigenvalue weighted by Crippen LogP contribution is 2.68. The maximum atomic E-state index is 15.4. The number of benzene rings is 2. The van der Waals surface area contributed by atoms with E-state index in [4.69, 9.17) is 16.6 Å². The van der Waals surface area contributed by atoms with Gasteiger partial charge in [0.05, 0.1) is 40.2 Å². The van der Waals surface area contributed by atoms with E-state index in [9.17, 15) is 35.2 Å². The van der Waals surface area contributed by atoms with Crippen LogP contribution in [0.1, 0.15) is 58.0 Å². The van der Waals surface area contributed by atoms with E-state index in [1.165, 1.54) is 30.2 Å². The van der Waals surface area contributed by atoms with Gasteiger partial charge in [0.1, 0.15) is 35.3 Å². The number of nitrogens with one attached hydrogen (secondary N) is 2. The van der Waals surface area contributed by atoms with Crippen LogP contribution >= 0.6 is 11.6 Å². The molecule has 2 N–H and O–H groups in total. The lowest BCUT2D eigenvalue weighted by Crippen LogP contribution is -2.35. The average molecular weight is 860 g/mol. The Labute approximate surface area is 335 Å². The number of rotatable bonds is 9. The summed E-state index contributed by atoms with van der Waals surface area (Å²) in [5.74, 6) is -3.44. The van der Waals surface area contributed by atoms with Gasteiger partial charge in [-0.25, -0.2) is 27.2 Å². The number of carbonyl (C=O) groups excluding carboxylic acids is 1. The minimum Gasteiger partial charge on any atom is -0.346 e. The van der Waals surface area contributed by atoms with Crippen molar-refractivity contribution in [3.63, 3.8) is 0 Å². The molecule has 8 rings (SSSR count). The van der Waals surface area contributed by atoms with Crippen molar-refractivity contribution in [2.75, 3.05) is 11.0 Å². The van der Waals surface area contributed by atoms with E-state index in [-0.39, 0.29) is 57.1 Å². The Bertz CT molecular complexity index is 2880. The Balaban J connectivity index is 1.28. The lowest BCUT2D eigenvalue weighted by Gasteiger charge is -2.23. The first-order chi connectivity index (χ1) is 27.7. The quantitative estimate of drug-likeness (QED) is 0.123. The minimum atomic E-state index is -5.08. The topological polar surface area (TPSA) is 142 Å². The Morgan fingerprint density at radius 3 is 2.39 bits per heavy atom. The average Bonchev–Trinajstić information content (AvgIpc) is 3.37. The van der Waals surface area contributed by atoms with Gasteiger partial charge in [0, 0.05) is 49.0 Å². The summed E-state index contributed by atoms with van der Waals surface area (Å²) < 4.78 is 133. The third-order valence-electron chi connectivity index (χ3n) is 9.98. The number of nitrogens with zero attached hydrogens (tertiary/aromatic N) is 7. The van der Waals surface area contributed by atoms with E-state index in [1.54, 1.807) is 29.9 Å². The van der Waals surface area contributed by atoms with E-state index >= 15 is 8.78 Å². The molecule has 4 heterocycles. The highest BCUT2D eigenvalue weighted by atomic mass is 35.5. The van der Waals surface area contributed by atoms with E-state index in [2.05, 4.69) is 37.1 Å². The van der Waals surface area contributed by atoms with Crippen LogP contribution < -0.4 is 10.0 Å². The molecule has 12 nitrogen and oxygen atoms in total. The summed E-state index contributed by atoms with van der Waals surface area (Å²) in [5, 5.41) is 10.7. The molecule has 3 atom stereocenters. The second-order valence-corrected chi connectivity index (χ2v) is 16.6. The zero-order valence-corrected chi connectivity index (χ0v) is 32.4. The fourth-order valence-electron chi connectivity index (χ4n) is 7.63. The first kappa shape index (κ1) is 39.9. The molecule has 1 saturated carbocycles. The van der Waals surface area contributed by atoms with E-state index < -0.39 is 81.0 Å². The Morgan fingerprint density at radius 2 is 1.73 bits per heavy atom. The number of aryl methyl sites for hydroxylation is 2. The molecule has 2 aliphatic rings. The van der Waals surface area contributed by atoms with Crippen molar-refractivity contribution in [1.82, 2.24) is 39.4 Å². The summed E-state index contributed by atoms with van der Waals surface area (Å²) >= 11 is 6.59. The summed E-state index contributed by atoms with van der Waals surface area (Å²) in [7, 11) is -0.597. The maximum Gasteiger partial charge on any atom is 0.435 e. The molecule has 21 heteroatoms. The monoisotopic (exact) mass is 859 g/mol. The van der Waals surface area contributed by atoms with Crippen LogP contribution in [0.3, 0.4) is 0 Å². The molecule has 2 aliphatic carbocycles. The Hall–Kier alpha value is -5.94. The standard InChI is InChI=1S/C38H29ClF7N9O3S/c1-53-15-22(47-17-53)5-4-21-6-7-23(24-8-9-27(39)31-33(24)54(2)51-36(31)52-59(3,57)58)32(48-21)28(12-18-10-19(40)13-20(41)11-18)49-29(56)16-55-35-30(34(50-55)38(44,45)46)25-14-26(25)37(35,42)43/h6-11,13,15,17,25-26,28H,12,14,16H2,1-3H3,(H,49,56)(H,51,52)/t25-,26+,28-/m0/s1. The van der Waals surface area contributed by atoms with Crippen molar-refractivity contribution in [3.8, 4) is 23.0 Å². The van der Waals surface area contributed by atoms with Gasteiger partial charge in [0.2, 0.25) is 15.9 Å². The largest absolute Gasteiger partial charge is 0.435 e. The van der Waals surface area contributed by atoms with E-state index in [1.807, 2.05) is 0 Å². The van der Waals surface area contributed by atoms with Gasteiger partial charge in [-0.15, -0.1) is 0 Å². The van der Waals surface area contributed by atoms with Gasteiger partial charge in [0.25, 0.3) is 5.92 Å². The number of fused-ring (bicyclic) bond motifs is 4. The van der Waals surface area contributed by atoms with Crippen LogP contribution in [0.2, 0.25) is 5.02 Å². The number of halogens is 8. The Kier molecular flexibility index (Phi) is 9.54. The molecule has 4 aromatic heterocycles. The number of pyridine rings is 1. The smallest absolute Gasteiger partial charge is 0.346 e. The van der Waals surface area contributed by atoms with Crippen molar-refractivity contribution in [3.05, 3.63) is 111 Å². The number of anilines is 1. The number of imidazole rings is 1. The van der Waals surface area contributed by atoms with Crippen LogP contribution in [0.4, 0.5) is 36.6 Å². The predicted molar refractivity (Wildman–Crippen MR) is 200 cm³/mol. The molecule has 0 bridgehead atoms. The van der Waals surface area contributed by atoms with Gasteiger partial charge >= 0.3 is 6.18 Å². The SMILES string of the molecule is Cn1cnc(C#Cc2ccc(-c3ccc(Cl)c4c(NS(C)(=O)=O)nn(C)c34)c([C@H](Cc3cc(F)cc(F)c3)NC(=O)Cn3nc(C(F)(F)F)c4c3C(F)(F)[C@@H]3C[C@H]43)n2)c1. The number of hydrogen-bond acceptors (Lipinski definition) is 7. The molecule has 0 unspecified atom stereocenters. The zero-order chi connectivity index (χ0) is 42.3. The third-order valence-corrected chi connectivity index (χ3v) is 10.9. The lowest BCUT2D eigenvalue weighted by atomic mass is 9.93. The lowest BCUT2D eigenvalue weighted by molar-refractivity contribution is -0.142. The molecule has 306 valence electrons. The summed E-state index contributed by atoms with van der Waals surface area (Å²) in [6.45, 7) is -1.08. The van der Waals surface area contributed by atoms with Crippen LogP contribution in [0.5, 0.6) is 0 Å². The molecule has 6 aromatic rings. The van der Waals surface area contributed by atoms with Gasteiger partial charge < -0.3 is 9.88 Å². The number of sulfonamides is 1. The van der Waals surface area contributed by atoms with Gasteiger partial charge in [-0.3, -0.25) is 18.9 Å². The molecule has 0 spiro atoms. The van der Waals surface area contributed by atoms with Gasteiger partial charge in [0.15, 0.2) is 11.5 Å². The molecule has 0 aliphatic heterocycles. The van der Waals surface area contributed by atoms with Gasteiger partial charge in [-0.1, -0.05) is 17.7 Å². The second kappa shape index (κ2) is 14.1. The number of amides is 1. The number of hydrogen-bond donors (Lipinski definition) is 2. The van der Waals surface area contributed by atoms with Crippen LogP contribution in [-0.2, 0) is 54.0 Å². The molecule has 59 heavy (non-hydrogen) atoms. The number of aromatic nitrogens is 7. The molecule has 1 fully saturated rings. The molecule has 1 amide bonds. The fraction of sp³-hybridized carbons (Fsp3) is 0.289. The number of carbonyl (C=O) groups is 1. The molecular formula is C38H29ClF7N9O3S. The second-order valence-electron chi connectivity index (χ2n) is 14.4. The first-order valence-corrected chi connectivity index (χ1v) is 19.9. The maximum absolute atomic E-state index is 15.4. The van der Waals surface area contributed by atoms with Crippen LogP contribution in [-0.4, -0.2) is 54.7 Å². The van der Waals surface area contributed by atoms with Gasteiger partial charge in [-0.2, -0.15) is 32.1 Å². The fourth-order valence-corrected chi connectivity index (χ4v) is 8.37. The summed E-state index contributed by atoms with van der Waals surface area (Å²) in [6.07, 6.45) is -1.53. The minimum absolute atomic E-state index is 0.00605. The summed E-state index contributed by atoms with van der Waals surface area (Å²) in [5.41, 5.74) is -1.75. The normalized spacial score (nSPS) is 17.3. The van der Waals surface area contributed by atoms with Crippen molar-refractivity contribution in [1.29, 1.82) is 0 Å². The van der Waals surface area contributed by atoms with Crippen molar-refractivity contribution >= 4 is 44.3 Å². The van der Waals surface area contributed by atoms with Crippen molar-refractivity contribution in [2.45, 2.75) is 43.4 Å². The zero-order valence-electron chi connectivity index (χ0n) is 30.8. The van der Waals surface area contributed by atoms with Crippen molar-refractivity contribution < 1.29 is 43.9 Å².